The van der Waals surface area contributed by atoms with E-state index in [0.29, 0.717) is 12.0 Å². The molecule has 124 valence electrons. The van der Waals surface area contributed by atoms with Crippen molar-refractivity contribution in [3.05, 3.63) is 29.8 Å². The lowest BCUT2D eigenvalue weighted by molar-refractivity contribution is -0.116. The van der Waals surface area contributed by atoms with Crippen molar-refractivity contribution in [2.75, 3.05) is 38.7 Å². The van der Waals surface area contributed by atoms with E-state index < -0.39 is 0 Å². The Balaban J connectivity index is 1.62. The molecule has 1 fully saturated rings. The lowest BCUT2D eigenvalue weighted by atomic mass is 10.00. The van der Waals surface area contributed by atoms with Gasteiger partial charge in [0.1, 0.15) is 0 Å². The van der Waals surface area contributed by atoms with Crippen LogP contribution in [0.5, 0.6) is 0 Å². The van der Waals surface area contributed by atoms with Crippen molar-refractivity contribution in [1.29, 1.82) is 5.26 Å². The predicted molar refractivity (Wildman–Crippen MR) is 90.1 cm³/mol. The molecule has 0 atom stereocenters. The first-order chi connectivity index (χ1) is 11.2. The minimum Gasteiger partial charge on any atom is -0.381 e. The highest BCUT2D eigenvalue weighted by molar-refractivity contribution is 5.90. The highest BCUT2D eigenvalue weighted by Gasteiger charge is 2.15. The third-order valence-electron chi connectivity index (χ3n) is 4.15. The maximum atomic E-state index is 11.9. The molecule has 0 unspecified atom stereocenters. The van der Waals surface area contributed by atoms with Crippen LogP contribution in [0, 0.1) is 17.2 Å². The van der Waals surface area contributed by atoms with Crippen LogP contribution in [0.2, 0.25) is 0 Å². The van der Waals surface area contributed by atoms with E-state index >= 15 is 0 Å². The van der Waals surface area contributed by atoms with E-state index in [9.17, 15) is 4.79 Å². The Hall–Kier alpha value is -1.90. The number of benzene rings is 1. The van der Waals surface area contributed by atoms with E-state index in [0.717, 1.165) is 57.2 Å². The summed E-state index contributed by atoms with van der Waals surface area (Å²) >= 11 is 0. The Morgan fingerprint density at radius 1 is 1.35 bits per heavy atom. The van der Waals surface area contributed by atoms with Crippen LogP contribution in [-0.4, -0.2) is 44.2 Å². The SMILES string of the molecule is CN(CCCC(=O)Nc1ccc(C#N)cc1)CC1CCOCC1. The number of rotatable bonds is 7. The van der Waals surface area contributed by atoms with Crippen LogP contribution >= 0.6 is 0 Å². The standard InChI is InChI=1S/C18H25N3O2/c1-21(14-16-8-11-23-12-9-16)10-2-3-18(22)20-17-6-4-15(13-19)5-7-17/h4-7,16H,2-3,8-12,14H2,1H3,(H,20,22). The molecule has 0 aromatic heterocycles. The van der Waals surface area contributed by atoms with Gasteiger partial charge in [0.15, 0.2) is 0 Å². The highest BCUT2D eigenvalue weighted by Crippen LogP contribution is 2.15. The summed E-state index contributed by atoms with van der Waals surface area (Å²) in [6, 6.07) is 8.99. The number of nitrogens with zero attached hydrogens (tertiary/aromatic N) is 2. The van der Waals surface area contributed by atoms with Crippen LogP contribution in [-0.2, 0) is 9.53 Å². The van der Waals surface area contributed by atoms with Gasteiger partial charge in [-0.15, -0.1) is 0 Å². The predicted octanol–water partition coefficient (Wildman–Crippen LogP) is 2.64. The molecule has 23 heavy (non-hydrogen) atoms. The Morgan fingerprint density at radius 2 is 2.04 bits per heavy atom. The Bertz CT molecular complexity index is 530. The lowest BCUT2D eigenvalue weighted by Gasteiger charge is -2.27. The van der Waals surface area contributed by atoms with Gasteiger partial charge in [-0.3, -0.25) is 4.79 Å². The number of hydrogen-bond acceptors (Lipinski definition) is 4. The zero-order valence-corrected chi connectivity index (χ0v) is 13.8. The molecule has 5 heteroatoms. The Kier molecular flexibility index (Phi) is 7.05. The fraction of sp³-hybridized carbons (Fsp3) is 0.556. The number of nitrogens with one attached hydrogen (secondary N) is 1. The van der Waals surface area contributed by atoms with E-state index in [4.69, 9.17) is 10.00 Å². The number of anilines is 1. The zero-order chi connectivity index (χ0) is 16.5. The molecule has 1 amide bonds. The van der Waals surface area contributed by atoms with Gasteiger partial charge in [0.2, 0.25) is 5.91 Å². The van der Waals surface area contributed by atoms with Crippen molar-refractivity contribution >= 4 is 11.6 Å². The van der Waals surface area contributed by atoms with E-state index in [1.165, 1.54) is 0 Å². The fourth-order valence-electron chi connectivity index (χ4n) is 2.82. The van der Waals surface area contributed by atoms with Crippen molar-refractivity contribution in [2.45, 2.75) is 25.7 Å². The smallest absolute Gasteiger partial charge is 0.224 e. The molecule has 2 rings (SSSR count). The van der Waals surface area contributed by atoms with Gasteiger partial charge in [-0.05, 0) is 63.0 Å². The van der Waals surface area contributed by atoms with Crippen molar-refractivity contribution in [1.82, 2.24) is 4.90 Å². The summed E-state index contributed by atoms with van der Waals surface area (Å²) in [4.78, 5) is 14.2. The van der Waals surface area contributed by atoms with Crippen LogP contribution < -0.4 is 5.32 Å². The second kappa shape index (κ2) is 9.29. The Morgan fingerprint density at radius 3 is 2.70 bits per heavy atom. The number of carbonyl (C=O) groups is 1. The molecule has 0 saturated carbocycles. The minimum atomic E-state index is 0.0224. The van der Waals surface area contributed by atoms with E-state index in [1.807, 2.05) is 0 Å². The van der Waals surface area contributed by atoms with E-state index in [2.05, 4.69) is 23.3 Å². The highest BCUT2D eigenvalue weighted by atomic mass is 16.5. The largest absolute Gasteiger partial charge is 0.381 e. The van der Waals surface area contributed by atoms with Gasteiger partial charge in [0, 0.05) is 31.9 Å². The summed E-state index contributed by atoms with van der Waals surface area (Å²) in [5, 5.41) is 11.6. The minimum absolute atomic E-state index is 0.0224. The number of ether oxygens (including phenoxy) is 1. The molecule has 5 nitrogen and oxygen atoms in total. The third-order valence-corrected chi connectivity index (χ3v) is 4.15. The van der Waals surface area contributed by atoms with Gasteiger partial charge < -0.3 is 15.0 Å². The number of hydrogen-bond donors (Lipinski definition) is 1. The molecular weight excluding hydrogens is 290 g/mol. The van der Waals surface area contributed by atoms with Crippen molar-refractivity contribution in [3.8, 4) is 6.07 Å². The fourth-order valence-corrected chi connectivity index (χ4v) is 2.82. The molecule has 1 N–H and O–H groups in total. The monoisotopic (exact) mass is 315 g/mol. The summed E-state index contributed by atoms with van der Waals surface area (Å²) in [7, 11) is 2.12. The molecule has 0 aliphatic carbocycles. The summed E-state index contributed by atoms with van der Waals surface area (Å²) in [6.07, 6.45) is 3.65. The van der Waals surface area contributed by atoms with Crippen LogP contribution in [0.4, 0.5) is 5.69 Å². The normalized spacial score (nSPS) is 15.3. The second-order valence-corrected chi connectivity index (χ2v) is 6.16. The Labute approximate surface area is 138 Å². The van der Waals surface area contributed by atoms with Gasteiger partial charge in [0.05, 0.1) is 11.6 Å². The quantitative estimate of drug-likeness (QED) is 0.840. The molecule has 1 aromatic carbocycles. The number of nitriles is 1. The number of amides is 1. The molecule has 0 bridgehead atoms. The molecule has 1 aliphatic heterocycles. The average Bonchev–Trinajstić information content (AvgIpc) is 2.56. The maximum absolute atomic E-state index is 11.9. The molecule has 1 aromatic rings. The maximum Gasteiger partial charge on any atom is 0.224 e. The summed E-state index contributed by atoms with van der Waals surface area (Å²) in [5.74, 6) is 0.746. The topological polar surface area (TPSA) is 65.4 Å². The molecule has 0 spiro atoms. The van der Waals surface area contributed by atoms with Gasteiger partial charge in [-0.2, -0.15) is 5.26 Å². The van der Waals surface area contributed by atoms with Crippen molar-refractivity contribution in [2.24, 2.45) is 5.92 Å². The first-order valence-corrected chi connectivity index (χ1v) is 8.23. The molecule has 1 heterocycles. The summed E-state index contributed by atoms with van der Waals surface area (Å²) < 4.78 is 5.38. The van der Waals surface area contributed by atoms with Crippen molar-refractivity contribution in [3.63, 3.8) is 0 Å². The van der Waals surface area contributed by atoms with Crippen LogP contribution in [0.3, 0.4) is 0 Å². The molecule has 1 saturated heterocycles. The molecular formula is C18H25N3O2. The van der Waals surface area contributed by atoms with Gasteiger partial charge in [-0.1, -0.05) is 0 Å². The summed E-state index contributed by atoms with van der Waals surface area (Å²) in [5.41, 5.74) is 1.34. The van der Waals surface area contributed by atoms with Crippen LogP contribution in [0.15, 0.2) is 24.3 Å². The van der Waals surface area contributed by atoms with Crippen LogP contribution in [0.25, 0.3) is 0 Å². The zero-order valence-electron chi connectivity index (χ0n) is 13.8. The van der Waals surface area contributed by atoms with Gasteiger partial charge in [0.25, 0.3) is 0 Å². The number of carbonyl (C=O) groups excluding carboxylic acids is 1. The molecule has 1 aliphatic rings. The van der Waals surface area contributed by atoms with Gasteiger partial charge in [-0.25, -0.2) is 0 Å². The third kappa shape index (κ3) is 6.39. The van der Waals surface area contributed by atoms with Crippen LogP contribution in [0.1, 0.15) is 31.2 Å². The molecule has 0 radical (unpaired) electrons. The first-order valence-electron chi connectivity index (χ1n) is 8.23. The van der Waals surface area contributed by atoms with E-state index in [-0.39, 0.29) is 5.91 Å². The van der Waals surface area contributed by atoms with Gasteiger partial charge >= 0.3 is 0 Å². The van der Waals surface area contributed by atoms with Crippen molar-refractivity contribution < 1.29 is 9.53 Å². The second-order valence-electron chi connectivity index (χ2n) is 6.16. The summed E-state index contributed by atoms with van der Waals surface area (Å²) in [6.45, 7) is 3.77. The first kappa shape index (κ1) is 17.5. The lowest BCUT2D eigenvalue weighted by Crippen LogP contribution is -2.30. The average molecular weight is 315 g/mol. The van der Waals surface area contributed by atoms with E-state index in [1.54, 1.807) is 24.3 Å².